The van der Waals surface area contributed by atoms with Crippen molar-refractivity contribution in [3.63, 3.8) is 0 Å². The second-order valence-corrected chi connectivity index (χ2v) is 14.0. The van der Waals surface area contributed by atoms with Gasteiger partial charge in [0.1, 0.15) is 5.75 Å². The summed E-state index contributed by atoms with van der Waals surface area (Å²) in [7, 11) is 1.72. The van der Waals surface area contributed by atoms with Gasteiger partial charge in [-0.2, -0.15) is 5.53 Å². The highest BCUT2D eigenvalue weighted by Crippen LogP contribution is 2.42. The highest BCUT2D eigenvalue weighted by Gasteiger charge is 2.15. The van der Waals surface area contributed by atoms with E-state index >= 15 is 0 Å². The van der Waals surface area contributed by atoms with Crippen molar-refractivity contribution in [3.8, 4) is 16.9 Å². The van der Waals surface area contributed by atoms with E-state index in [1.165, 1.54) is 149 Å². The Morgan fingerprint density at radius 3 is 1.29 bits per heavy atom. The second-order valence-electron chi connectivity index (χ2n) is 11.7. The molecule has 5 heteroatoms. The van der Waals surface area contributed by atoms with Crippen molar-refractivity contribution in [2.75, 3.05) is 18.6 Å². The van der Waals surface area contributed by atoms with Gasteiger partial charge >= 0.3 is 0 Å². The van der Waals surface area contributed by atoms with E-state index in [1.807, 2.05) is 35.7 Å². The minimum Gasteiger partial charge on any atom is -0.497 e. The van der Waals surface area contributed by atoms with Gasteiger partial charge in [0.2, 0.25) is 0 Å². The third-order valence-electron chi connectivity index (χ3n) is 8.10. The number of rotatable bonds is 27. The van der Waals surface area contributed by atoms with Crippen LogP contribution in [-0.2, 0) is 0 Å². The first-order valence-corrected chi connectivity index (χ1v) is 19.2. The van der Waals surface area contributed by atoms with Gasteiger partial charge in [0.05, 0.1) is 7.11 Å². The van der Waals surface area contributed by atoms with E-state index in [9.17, 15) is 0 Å². The summed E-state index contributed by atoms with van der Waals surface area (Å²) in [5.74, 6) is 3.12. The summed E-state index contributed by atoms with van der Waals surface area (Å²) in [6, 6.07) is 13.0. The topological polar surface area (TPSA) is 47.2 Å². The smallest absolute Gasteiger partial charge is 0.157 e. The van der Waals surface area contributed by atoms with E-state index in [-0.39, 0.29) is 0 Å². The molecule has 0 atom stereocenters. The van der Waals surface area contributed by atoms with Gasteiger partial charge in [-0.3, -0.25) is 0 Å². The molecule has 42 heavy (non-hydrogen) atoms. The molecule has 0 bridgehead atoms. The van der Waals surface area contributed by atoms with E-state index in [0.29, 0.717) is 0 Å². The molecule has 0 saturated carbocycles. The monoisotopic (exact) mass is 613 g/mol. The Kier molecular flexibility index (Phi) is 21.8. The molecule has 0 radical (unpaired) electrons. The molecule has 0 amide bonds. The Morgan fingerprint density at radius 1 is 0.548 bits per heavy atom. The van der Waals surface area contributed by atoms with E-state index in [4.69, 9.17) is 10.3 Å². The fourth-order valence-corrected chi connectivity index (χ4v) is 7.64. The summed E-state index contributed by atoms with van der Waals surface area (Å²) < 4.78 is 5.39. The molecular formula is C37H61N2OS2+. The largest absolute Gasteiger partial charge is 0.497 e. The number of benzene rings is 2. The van der Waals surface area contributed by atoms with Crippen LogP contribution in [0.2, 0.25) is 0 Å². The first kappa shape index (κ1) is 36.7. The van der Waals surface area contributed by atoms with E-state index in [0.717, 1.165) is 22.9 Å². The van der Waals surface area contributed by atoms with Crippen LogP contribution in [0, 0.1) is 0 Å². The Labute approximate surface area is 267 Å². The molecule has 3 nitrogen and oxygen atoms in total. The van der Waals surface area contributed by atoms with Crippen molar-refractivity contribution in [1.29, 1.82) is 0 Å². The maximum absolute atomic E-state index is 6.02. The van der Waals surface area contributed by atoms with Crippen LogP contribution < -0.4 is 10.3 Å². The van der Waals surface area contributed by atoms with Crippen LogP contribution >= 0.6 is 23.5 Å². The lowest BCUT2D eigenvalue weighted by Gasteiger charge is -2.13. The van der Waals surface area contributed by atoms with Crippen LogP contribution in [0.4, 0.5) is 5.69 Å². The number of hydrogen-bond acceptors (Lipinski definition) is 4. The molecule has 0 aliphatic heterocycles. The molecule has 236 valence electrons. The molecule has 0 unspecified atom stereocenters. The van der Waals surface area contributed by atoms with Gasteiger partial charge in [-0.25, -0.2) is 0 Å². The second kappa shape index (κ2) is 24.9. The van der Waals surface area contributed by atoms with Gasteiger partial charge in [-0.15, -0.1) is 23.5 Å². The Hall–Kier alpha value is -1.46. The summed E-state index contributed by atoms with van der Waals surface area (Å²) in [5.41, 5.74) is 9.44. The van der Waals surface area contributed by atoms with Crippen molar-refractivity contribution in [1.82, 2.24) is 0 Å². The van der Waals surface area contributed by atoms with Gasteiger partial charge in [0.15, 0.2) is 5.69 Å². The quantitative estimate of drug-likeness (QED) is 0.0619. The van der Waals surface area contributed by atoms with E-state index in [2.05, 4.69) is 43.2 Å². The zero-order valence-corrected chi connectivity index (χ0v) is 28.9. The zero-order chi connectivity index (χ0) is 30.1. The molecular weight excluding hydrogens is 553 g/mol. The molecule has 2 aromatic rings. The van der Waals surface area contributed by atoms with Gasteiger partial charge in [0.25, 0.3) is 0 Å². The predicted octanol–water partition coefficient (Wildman–Crippen LogP) is 12.2. The van der Waals surface area contributed by atoms with Crippen LogP contribution in [0.25, 0.3) is 11.1 Å². The molecule has 0 fully saturated rings. The first-order valence-electron chi connectivity index (χ1n) is 17.2. The maximum atomic E-state index is 6.02. The average Bonchev–Trinajstić information content (AvgIpc) is 3.02. The summed E-state index contributed by atoms with van der Waals surface area (Å²) in [6.45, 7) is 4.58. The van der Waals surface area contributed by atoms with Gasteiger partial charge in [-0.1, -0.05) is 142 Å². The van der Waals surface area contributed by atoms with Crippen molar-refractivity contribution >= 4 is 29.2 Å². The third kappa shape index (κ3) is 15.8. The lowest BCUT2D eigenvalue weighted by molar-refractivity contribution is -0.211. The lowest BCUT2D eigenvalue weighted by Crippen LogP contribution is -2.22. The molecule has 0 saturated heterocycles. The molecule has 2 aromatic carbocycles. The molecule has 2 N–H and O–H groups in total. The lowest BCUT2D eigenvalue weighted by atomic mass is 10.1. The number of nitrogens with two attached hydrogens (primary N) is 1. The minimum atomic E-state index is 0.887. The van der Waals surface area contributed by atoms with Gasteiger partial charge in [0, 0.05) is 9.79 Å². The molecule has 0 aromatic heterocycles. The Balaban J connectivity index is 1.88. The summed E-state index contributed by atoms with van der Waals surface area (Å²) in [5, 5.41) is 4.31. The predicted molar refractivity (Wildman–Crippen MR) is 188 cm³/mol. The van der Waals surface area contributed by atoms with Crippen molar-refractivity contribution < 1.29 is 10.3 Å². The molecule has 0 spiro atoms. The number of ether oxygens (including phenoxy) is 1. The van der Waals surface area contributed by atoms with E-state index < -0.39 is 0 Å². The van der Waals surface area contributed by atoms with E-state index in [1.54, 1.807) is 7.11 Å². The number of thioether (sulfide) groups is 2. The number of unbranched alkanes of at least 4 members (excludes halogenated alkanes) is 18. The summed E-state index contributed by atoms with van der Waals surface area (Å²) in [6.07, 6.45) is 27.3. The van der Waals surface area contributed by atoms with Crippen LogP contribution in [0.1, 0.15) is 142 Å². The SMILES string of the molecule is CCCCCCCCCCCCSc1cc(-c2ccc(OC)cc2)cc(SCCCCCCCCCCCC)c1N=[NH2+]. The molecule has 0 aliphatic rings. The summed E-state index contributed by atoms with van der Waals surface area (Å²) >= 11 is 3.86. The number of hydrogen-bond donors (Lipinski definition) is 1. The number of methoxy groups -OCH3 is 1. The van der Waals surface area contributed by atoms with Crippen molar-refractivity contribution in [3.05, 3.63) is 36.4 Å². The highest BCUT2D eigenvalue weighted by molar-refractivity contribution is 8.00. The van der Waals surface area contributed by atoms with Gasteiger partial charge < -0.3 is 4.74 Å². The fourth-order valence-electron chi connectivity index (χ4n) is 5.42. The van der Waals surface area contributed by atoms with Crippen LogP contribution in [0.3, 0.4) is 0 Å². The number of nitrogens with zero attached hydrogens (tertiary/aromatic N) is 1. The molecule has 0 aliphatic carbocycles. The Morgan fingerprint density at radius 2 is 0.929 bits per heavy atom. The maximum Gasteiger partial charge on any atom is 0.157 e. The van der Waals surface area contributed by atoms with Crippen LogP contribution in [-0.4, -0.2) is 18.6 Å². The van der Waals surface area contributed by atoms with Crippen LogP contribution in [0.15, 0.2) is 51.3 Å². The minimum absolute atomic E-state index is 0.887. The normalized spacial score (nSPS) is 11.2. The third-order valence-corrected chi connectivity index (χ3v) is 10.3. The highest BCUT2D eigenvalue weighted by atomic mass is 32.2. The summed E-state index contributed by atoms with van der Waals surface area (Å²) in [4.78, 5) is 2.43. The first-order chi connectivity index (χ1) is 20.7. The van der Waals surface area contributed by atoms with Crippen molar-refractivity contribution in [2.24, 2.45) is 5.11 Å². The molecule has 2 rings (SSSR count). The molecule has 0 heterocycles. The van der Waals surface area contributed by atoms with Crippen LogP contribution in [0.5, 0.6) is 5.75 Å². The Bertz CT molecular complexity index is 900. The standard InChI is InChI=1S/C37H60N2OS2/c1-4-6-8-10-12-14-16-18-20-22-28-41-35-30-33(32-24-26-34(40-3)27-25-32)31-36(37(35)39-38)42-29-23-21-19-17-15-13-11-9-7-5-2/h24-27,30-31,38H,4-23,28-29H2,1-3H3/p+1. The van der Waals surface area contributed by atoms with Crippen molar-refractivity contribution in [2.45, 2.75) is 152 Å². The average molecular weight is 614 g/mol. The zero-order valence-electron chi connectivity index (χ0n) is 27.3. The fraction of sp³-hybridized carbons (Fsp3) is 0.676. The van der Waals surface area contributed by atoms with Gasteiger partial charge in [-0.05, 0) is 64.9 Å².